The highest BCUT2D eigenvalue weighted by molar-refractivity contribution is 5.97. The molecule has 0 bridgehead atoms. The fourth-order valence-electron chi connectivity index (χ4n) is 1.85. The van der Waals surface area contributed by atoms with Gasteiger partial charge in [-0.25, -0.2) is 4.79 Å². The maximum absolute atomic E-state index is 11.4. The van der Waals surface area contributed by atoms with Gasteiger partial charge in [-0.05, 0) is 19.4 Å². The molecule has 1 aliphatic heterocycles. The molecule has 2 unspecified atom stereocenters. The second-order valence-electron chi connectivity index (χ2n) is 3.64. The van der Waals surface area contributed by atoms with E-state index in [0.29, 0.717) is 0 Å². The molecule has 2 aliphatic rings. The fourth-order valence-corrected chi connectivity index (χ4v) is 1.85. The summed E-state index contributed by atoms with van der Waals surface area (Å²) in [6.07, 6.45) is 2.67. The molecule has 4 nitrogen and oxygen atoms in total. The van der Waals surface area contributed by atoms with E-state index in [-0.39, 0.29) is 11.8 Å². The van der Waals surface area contributed by atoms with Crippen molar-refractivity contribution in [1.29, 1.82) is 0 Å². The van der Waals surface area contributed by atoms with Gasteiger partial charge in [-0.2, -0.15) is 0 Å². The minimum absolute atomic E-state index is 0.280. The number of rotatable bonds is 0. The van der Waals surface area contributed by atoms with Crippen LogP contribution in [0.5, 0.6) is 0 Å². The Morgan fingerprint density at radius 3 is 2.79 bits per heavy atom. The molecule has 74 valence electrons. The molecule has 0 aromatic rings. The third-order valence-corrected chi connectivity index (χ3v) is 2.43. The Hall–Kier alpha value is -1.58. The number of nitrogens with one attached hydrogen (secondary N) is 1. The summed E-state index contributed by atoms with van der Waals surface area (Å²) < 4.78 is 5.04. The van der Waals surface area contributed by atoms with Crippen molar-refractivity contribution in [2.75, 3.05) is 0 Å². The van der Waals surface area contributed by atoms with Crippen molar-refractivity contribution in [2.45, 2.75) is 20.0 Å². The van der Waals surface area contributed by atoms with Crippen LogP contribution in [0.15, 0.2) is 23.3 Å². The first-order valence-electron chi connectivity index (χ1n) is 4.46. The summed E-state index contributed by atoms with van der Waals surface area (Å²) in [6.45, 7) is 3.78. The highest BCUT2D eigenvalue weighted by atomic mass is 16.6. The summed E-state index contributed by atoms with van der Waals surface area (Å²) in [5, 5.41) is 2.15. The molecular formula is C10H11NO3. The zero-order valence-electron chi connectivity index (χ0n) is 8.03. The minimum atomic E-state index is -0.656. The lowest BCUT2D eigenvalue weighted by atomic mass is 9.87. The predicted octanol–water partition coefficient (Wildman–Crippen LogP) is 1.14. The molecule has 4 heteroatoms. The molecule has 0 saturated carbocycles. The van der Waals surface area contributed by atoms with Crippen molar-refractivity contribution in [3.05, 3.63) is 23.3 Å². The van der Waals surface area contributed by atoms with Gasteiger partial charge in [0.15, 0.2) is 0 Å². The van der Waals surface area contributed by atoms with Gasteiger partial charge in [0.25, 0.3) is 0 Å². The maximum Gasteiger partial charge on any atom is 0.414 e. The van der Waals surface area contributed by atoms with E-state index < -0.39 is 12.2 Å². The van der Waals surface area contributed by atoms with E-state index in [4.69, 9.17) is 4.74 Å². The second kappa shape index (κ2) is 2.97. The van der Waals surface area contributed by atoms with Gasteiger partial charge in [-0.1, -0.05) is 17.7 Å². The number of allylic oxidation sites excluding steroid dienone is 2. The summed E-state index contributed by atoms with van der Waals surface area (Å²) in [5.74, 6) is -0.643. The van der Waals surface area contributed by atoms with Crippen molar-refractivity contribution in [2.24, 2.45) is 5.92 Å². The Morgan fingerprint density at radius 2 is 2.07 bits per heavy atom. The van der Waals surface area contributed by atoms with E-state index in [1.807, 2.05) is 26.0 Å². The summed E-state index contributed by atoms with van der Waals surface area (Å²) in [6, 6.07) is 0. The molecule has 0 spiro atoms. The Morgan fingerprint density at radius 1 is 1.36 bits per heavy atom. The summed E-state index contributed by atoms with van der Waals surface area (Å²) in [5.41, 5.74) is 1.94. The molecule has 1 heterocycles. The lowest BCUT2D eigenvalue weighted by Gasteiger charge is -2.31. The van der Waals surface area contributed by atoms with Crippen molar-refractivity contribution in [1.82, 2.24) is 5.32 Å². The number of amides is 2. The van der Waals surface area contributed by atoms with E-state index >= 15 is 0 Å². The molecule has 1 fully saturated rings. The standard InChI is InChI=1S/C10H11NO3/c1-5-3-6(2)8-7(4-5)9(12)11-10(13)14-8/h3-4,7-8H,1-2H3,(H,11,12,13). The number of alkyl carbamates (subject to hydrolysis) is 1. The van der Waals surface area contributed by atoms with Crippen LogP contribution in [0, 0.1) is 5.92 Å². The molecular weight excluding hydrogens is 182 g/mol. The number of carbonyl (C=O) groups excluding carboxylic acids is 2. The highest BCUT2D eigenvalue weighted by Gasteiger charge is 2.38. The number of fused-ring (bicyclic) bond motifs is 1. The largest absolute Gasteiger partial charge is 0.440 e. The van der Waals surface area contributed by atoms with E-state index in [1.165, 1.54) is 0 Å². The van der Waals surface area contributed by atoms with E-state index in [0.717, 1.165) is 11.1 Å². The van der Waals surface area contributed by atoms with E-state index in [2.05, 4.69) is 5.32 Å². The number of imide groups is 1. The average Bonchev–Trinajstić information content (AvgIpc) is 2.07. The van der Waals surface area contributed by atoms with Gasteiger partial charge in [0, 0.05) is 0 Å². The van der Waals surface area contributed by atoms with Crippen LogP contribution in [0.2, 0.25) is 0 Å². The van der Waals surface area contributed by atoms with Gasteiger partial charge in [-0.3, -0.25) is 10.1 Å². The van der Waals surface area contributed by atoms with Crippen LogP contribution >= 0.6 is 0 Å². The summed E-state index contributed by atoms with van der Waals surface area (Å²) in [4.78, 5) is 22.4. The third kappa shape index (κ3) is 1.32. The average molecular weight is 193 g/mol. The first-order chi connectivity index (χ1) is 6.58. The minimum Gasteiger partial charge on any atom is -0.440 e. The Labute approximate surface area is 81.6 Å². The number of hydrogen-bond acceptors (Lipinski definition) is 3. The first kappa shape index (κ1) is 8.99. The van der Waals surface area contributed by atoms with Crippen LogP contribution in [0.1, 0.15) is 13.8 Å². The van der Waals surface area contributed by atoms with Gasteiger partial charge in [0.05, 0.1) is 5.92 Å². The van der Waals surface area contributed by atoms with Crippen molar-refractivity contribution >= 4 is 12.0 Å². The molecule has 0 aromatic heterocycles. The van der Waals surface area contributed by atoms with Crippen LogP contribution in [0.3, 0.4) is 0 Å². The zero-order valence-corrected chi connectivity index (χ0v) is 8.03. The maximum atomic E-state index is 11.4. The topological polar surface area (TPSA) is 55.4 Å². The molecule has 2 rings (SSSR count). The lowest BCUT2D eigenvalue weighted by molar-refractivity contribution is -0.128. The van der Waals surface area contributed by atoms with Crippen molar-refractivity contribution in [3.63, 3.8) is 0 Å². The van der Waals surface area contributed by atoms with Gasteiger partial charge in [0.2, 0.25) is 5.91 Å². The molecule has 1 saturated heterocycles. The molecule has 2 amide bonds. The van der Waals surface area contributed by atoms with Gasteiger partial charge in [0.1, 0.15) is 6.10 Å². The highest BCUT2D eigenvalue weighted by Crippen LogP contribution is 2.28. The van der Waals surface area contributed by atoms with E-state index in [1.54, 1.807) is 0 Å². The van der Waals surface area contributed by atoms with Crippen LogP contribution in [-0.4, -0.2) is 18.1 Å². The number of hydrogen-bond donors (Lipinski definition) is 1. The normalized spacial score (nSPS) is 31.0. The van der Waals surface area contributed by atoms with Gasteiger partial charge < -0.3 is 4.74 Å². The quantitative estimate of drug-likeness (QED) is 0.627. The SMILES string of the molecule is CC1=CC2C(=O)NC(=O)OC2C(C)=C1. The monoisotopic (exact) mass is 193 g/mol. The first-order valence-corrected chi connectivity index (χ1v) is 4.46. The summed E-state index contributed by atoms with van der Waals surface area (Å²) >= 11 is 0. The third-order valence-electron chi connectivity index (χ3n) is 2.43. The van der Waals surface area contributed by atoms with Crippen molar-refractivity contribution in [3.8, 4) is 0 Å². The molecule has 14 heavy (non-hydrogen) atoms. The predicted molar refractivity (Wildman–Crippen MR) is 49.4 cm³/mol. The number of carbonyl (C=O) groups is 2. The van der Waals surface area contributed by atoms with Crippen LogP contribution in [0.4, 0.5) is 4.79 Å². The zero-order chi connectivity index (χ0) is 10.3. The Bertz CT molecular complexity index is 368. The second-order valence-corrected chi connectivity index (χ2v) is 3.64. The van der Waals surface area contributed by atoms with Crippen LogP contribution < -0.4 is 5.32 Å². The fraction of sp³-hybridized carbons (Fsp3) is 0.400. The van der Waals surface area contributed by atoms with Crippen LogP contribution in [-0.2, 0) is 9.53 Å². The van der Waals surface area contributed by atoms with Gasteiger partial charge in [-0.15, -0.1) is 0 Å². The Balaban J connectivity index is 2.35. The molecule has 1 N–H and O–H groups in total. The lowest BCUT2D eigenvalue weighted by Crippen LogP contribution is -2.50. The molecule has 0 aromatic carbocycles. The smallest absolute Gasteiger partial charge is 0.414 e. The Kier molecular flexibility index (Phi) is 1.91. The van der Waals surface area contributed by atoms with Gasteiger partial charge >= 0.3 is 6.09 Å². The molecule has 2 atom stereocenters. The molecule has 1 aliphatic carbocycles. The summed E-state index contributed by atoms with van der Waals surface area (Å²) in [7, 11) is 0. The number of ether oxygens (including phenoxy) is 1. The van der Waals surface area contributed by atoms with Crippen LogP contribution in [0.25, 0.3) is 0 Å². The molecule has 0 radical (unpaired) electrons. The van der Waals surface area contributed by atoms with Crippen molar-refractivity contribution < 1.29 is 14.3 Å². The van der Waals surface area contributed by atoms with E-state index in [9.17, 15) is 9.59 Å².